The van der Waals surface area contributed by atoms with Crippen LogP contribution in [-0.2, 0) is 17.8 Å². The van der Waals surface area contributed by atoms with E-state index in [0.717, 1.165) is 38.9 Å². The number of benzene rings is 1. The zero-order valence-electron chi connectivity index (χ0n) is 14.9. The summed E-state index contributed by atoms with van der Waals surface area (Å²) in [5, 5.41) is 1.20. The van der Waals surface area contributed by atoms with Crippen LogP contribution in [0.2, 0.25) is 0 Å². The van der Waals surface area contributed by atoms with E-state index in [1.165, 1.54) is 20.5 Å². The molecule has 0 bridgehead atoms. The fourth-order valence-electron chi connectivity index (χ4n) is 3.81. The minimum Gasteiger partial charge on any atom is -0.299 e. The maximum Gasteiger partial charge on any atom is 0.138 e. The Balaban J connectivity index is 1.25. The van der Waals surface area contributed by atoms with Gasteiger partial charge in [0.05, 0.1) is 4.70 Å². The molecule has 1 aliphatic heterocycles. The van der Waals surface area contributed by atoms with Crippen molar-refractivity contribution in [3.63, 3.8) is 0 Å². The zero-order valence-corrected chi connectivity index (χ0v) is 15.8. The van der Waals surface area contributed by atoms with E-state index < -0.39 is 0 Å². The molecule has 0 amide bonds. The van der Waals surface area contributed by atoms with Gasteiger partial charge in [-0.3, -0.25) is 14.7 Å². The van der Waals surface area contributed by atoms with E-state index in [9.17, 15) is 4.79 Å². The Bertz CT molecular complexity index is 833. The van der Waals surface area contributed by atoms with E-state index in [1.54, 1.807) is 11.3 Å². The lowest BCUT2D eigenvalue weighted by molar-refractivity contribution is -0.119. The molecule has 3 heterocycles. The van der Waals surface area contributed by atoms with E-state index in [2.05, 4.69) is 46.3 Å². The third kappa shape index (κ3) is 4.37. The number of nitrogens with zero attached hydrogens (tertiary/aromatic N) is 2. The molecule has 0 radical (unpaired) electrons. The molecule has 26 heavy (non-hydrogen) atoms. The number of thiophene rings is 1. The van der Waals surface area contributed by atoms with Crippen molar-refractivity contribution in [1.82, 2.24) is 9.88 Å². The van der Waals surface area contributed by atoms with Crippen molar-refractivity contribution in [3.05, 3.63) is 65.3 Å². The number of pyridine rings is 1. The first-order chi connectivity index (χ1) is 12.8. The van der Waals surface area contributed by atoms with Crippen LogP contribution in [0.4, 0.5) is 0 Å². The van der Waals surface area contributed by atoms with Crippen LogP contribution >= 0.6 is 11.3 Å². The Kier molecular flexibility index (Phi) is 5.42. The van der Waals surface area contributed by atoms with Crippen LogP contribution in [0, 0.1) is 5.92 Å². The lowest BCUT2D eigenvalue weighted by atomic mass is 9.90. The number of hydrogen-bond acceptors (Lipinski definition) is 4. The van der Waals surface area contributed by atoms with Crippen molar-refractivity contribution in [3.8, 4) is 0 Å². The Morgan fingerprint density at radius 1 is 1.15 bits per heavy atom. The molecular formula is C22H24N2OS. The van der Waals surface area contributed by atoms with Crippen molar-refractivity contribution in [1.29, 1.82) is 0 Å². The van der Waals surface area contributed by atoms with Crippen molar-refractivity contribution in [2.45, 2.75) is 32.2 Å². The second kappa shape index (κ2) is 8.11. The summed E-state index contributed by atoms with van der Waals surface area (Å²) in [6.07, 6.45) is 7.26. The largest absolute Gasteiger partial charge is 0.299 e. The van der Waals surface area contributed by atoms with Gasteiger partial charge in [-0.25, -0.2) is 0 Å². The van der Waals surface area contributed by atoms with Crippen LogP contribution in [-0.4, -0.2) is 28.8 Å². The second-order valence-electron chi connectivity index (χ2n) is 7.25. The number of carbonyl (C=O) groups is 1. The second-order valence-corrected chi connectivity index (χ2v) is 8.42. The molecule has 1 aliphatic rings. The first kappa shape index (κ1) is 17.4. The summed E-state index contributed by atoms with van der Waals surface area (Å²) in [7, 11) is 0. The maximum atomic E-state index is 12.5. The average molecular weight is 365 g/mol. The molecular weight excluding hydrogens is 340 g/mol. The first-order valence-corrected chi connectivity index (χ1v) is 10.2. The summed E-state index contributed by atoms with van der Waals surface area (Å²) >= 11 is 1.70. The molecule has 0 N–H and O–H groups in total. The van der Waals surface area contributed by atoms with E-state index in [0.29, 0.717) is 18.1 Å². The highest BCUT2D eigenvalue weighted by Crippen LogP contribution is 2.27. The fourth-order valence-corrected chi connectivity index (χ4v) is 4.87. The fraction of sp³-hybridized carbons (Fsp3) is 0.364. The predicted octanol–water partition coefficient (Wildman–Crippen LogP) is 4.71. The molecule has 0 atom stereocenters. The van der Waals surface area contributed by atoms with Crippen molar-refractivity contribution in [2.24, 2.45) is 5.92 Å². The summed E-state index contributed by atoms with van der Waals surface area (Å²) in [4.78, 5) is 20.3. The average Bonchev–Trinajstić information content (AvgIpc) is 3.06. The molecule has 0 unspecified atom stereocenters. The Morgan fingerprint density at radius 2 is 1.96 bits per heavy atom. The molecule has 1 saturated heterocycles. The SMILES string of the molecule is O=C(Cc1cc2ccncc2s1)CC1CCN(Cc2ccccc2)CC1. The Morgan fingerprint density at radius 3 is 2.73 bits per heavy atom. The van der Waals surface area contributed by atoms with Gasteiger partial charge in [-0.2, -0.15) is 0 Å². The summed E-state index contributed by atoms with van der Waals surface area (Å²) in [5.41, 5.74) is 1.38. The number of likely N-dealkylation sites (tertiary alicyclic amines) is 1. The minimum absolute atomic E-state index is 0.381. The van der Waals surface area contributed by atoms with Gasteiger partial charge >= 0.3 is 0 Å². The summed E-state index contributed by atoms with van der Waals surface area (Å²) in [5.74, 6) is 0.927. The van der Waals surface area contributed by atoms with Crippen LogP contribution < -0.4 is 0 Å². The quantitative estimate of drug-likeness (QED) is 0.635. The number of ketones is 1. The van der Waals surface area contributed by atoms with Crippen molar-refractivity contribution >= 4 is 27.2 Å². The first-order valence-electron chi connectivity index (χ1n) is 9.37. The van der Waals surface area contributed by atoms with E-state index in [-0.39, 0.29) is 0 Å². The standard InChI is InChI=1S/C22H24N2OS/c25-20(14-21-13-19-6-9-23-15-22(19)26-21)12-17-7-10-24(11-8-17)16-18-4-2-1-3-5-18/h1-6,9,13,15,17H,7-8,10-12,14,16H2. The smallest absolute Gasteiger partial charge is 0.138 e. The molecule has 0 saturated carbocycles. The summed E-state index contributed by atoms with van der Waals surface area (Å²) in [6.45, 7) is 3.22. The lowest BCUT2D eigenvalue weighted by Gasteiger charge is -2.31. The number of rotatable bonds is 6. The maximum absolute atomic E-state index is 12.5. The van der Waals surface area contributed by atoms with Crippen molar-refractivity contribution in [2.75, 3.05) is 13.1 Å². The van der Waals surface area contributed by atoms with Crippen LogP contribution in [0.15, 0.2) is 54.9 Å². The van der Waals surface area contributed by atoms with Crippen LogP contribution in [0.5, 0.6) is 0 Å². The zero-order chi connectivity index (χ0) is 17.8. The van der Waals surface area contributed by atoms with Gasteiger partial charge in [0.15, 0.2) is 0 Å². The number of aromatic nitrogens is 1. The summed E-state index contributed by atoms with van der Waals surface area (Å²) < 4.78 is 1.17. The molecule has 1 aromatic carbocycles. The van der Waals surface area contributed by atoms with Gasteiger partial charge in [-0.1, -0.05) is 30.3 Å². The topological polar surface area (TPSA) is 33.2 Å². The van der Waals surface area contributed by atoms with Gasteiger partial charge < -0.3 is 0 Å². The highest BCUT2D eigenvalue weighted by Gasteiger charge is 2.21. The van der Waals surface area contributed by atoms with E-state index in [4.69, 9.17) is 0 Å². The molecule has 134 valence electrons. The molecule has 4 rings (SSSR count). The van der Waals surface area contributed by atoms with Crippen LogP contribution in [0.3, 0.4) is 0 Å². The van der Waals surface area contributed by atoms with Gasteiger partial charge in [0.1, 0.15) is 5.78 Å². The number of fused-ring (bicyclic) bond motifs is 1. The molecule has 0 spiro atoms. The molecule has 4 heteroatoms. The van der Waals surface area contributed by atoms with Crippen LogP contribution in [0.1, 0.15) is 29.7 Å². The number of piperidine rings is 1. The lowest BCUT2D eigenvalue weighted by Crippen LogP contribution is -2.34. The molecule has 3 aromatic rings. The van der Waals surface area contributed by atoms with Gasteiger partial charge in [-0.15, -0.1) is 11.3 Å². The van der Waals surface area contributed by atoms with Gasteiger partial charge in [0, 0.05) is 36.7 Å². The highest BCUT2D eigenvalue weighted by atomic mass is 32.1. The number of carbonyl (C=O) groups excluding carboxylic acids is 1. The number of hydrogen-bond donors (Lipinski definition) is 0. The summed E-state index contributed by atoms with van der Waals surface area (Å²) in [6, 6.07) is 14.8. The Hall–Kier alpha value is -2.04. The van der Waals surface area contributed by atoms with Crippen molar-refractivity contribution < 1.29 is 4.79 Å². The minimum atomic E-state index is 0.381. The third-order valence-electron chi connectivity index (χ3n) is 5.22. The number of Topliss-reactive ketones (excluding diaryl/α,β-unsaturated/α-hetero) is 1. The Labute approximate surface area is 158 Å². The van der Waals surface area contributed by atoms with Crippen LogP contribution in [0.25, 0.3) is 10.1 Å². The molecule has 2 aromatic heterocycles. The molecule has 0 aliphatic carbocycles. The van der Waals surface area contributed by atoms with Gasteiger partial charge in [0.2, 0.25) is 0 Å². The third-order valence-corrected chi connectivity index (χ3v) is 6.30. The molecule has 1 fully saturated rings. The van der Waals surface area contributed by atoms with E-state index >= 15 is 0 Å². The normalized spacial score (nSPS) is 16.2. The van der Waals surface area contributed by atoms with E-state index in [1.807, 2.05) is 18.5 Å². The van der Waals surface area contributed by atoms with Gasteiger partial charge in [-0.05, 0) is 54.9 Å². The highest BCUT2D eigenvalue weighted by molar-refractivity contribution is 7.19. The molecule has 3 nitrogen and oxygen atoms in total. The van der Waals surface area contributed by atoms with Gasteiger partial charge in [0.25, 0.3) is 0 Å². The monoisotopic (exact) mass is 364 g/mol. The predicted molar refractivity (Wildman–Crippen MR) is 107 cm³/mol.